The maximum Gasteiger partial charge on any atom is 0.340 e. The van der Waals surface area contributed by atoms with E-state index in [1.165, 1.54) is 6.08 Å². The zero-order valence-electron chi connectivity index (χ0n) is 8.70. The van der Waals surface area contributed by atoms with Gasteiger partial charge in [0, 0.05) is 17.3 Å². The SMILES string of the molecule is CCOC(=O)/C(=C/c1cccnc1)N=[N+]=[N-]. The van der Waals surface area contributed by atoms with E-state index in [9.17, 15) is 4.79 Å². The summed E-state index contributed by atoms with van der Waals surface area (Å²) in [6, 6.07) is 3.45. The highest BCUT2D eigenvalue weighted by molar-refractivity contribution is 5.93. The lowest BCUT2D eigenvalue weighted by atomic mass is 10.2. The van der Waals surface area contributed by atoms with Crippen LogP contribution in [0, 0.1) is 0 Å². The molecule has 6 heteroatoms. The zero-order chi connectivity index (χ0) is 11.8. The van der Waals surface area contributed by atoms with Gasteiger partial charge in [-0.15, -0.1) is 0 Å². The lowest BCUT2D eigenvalue weighted by Gasteiger charge is -2.00. The number of hydrogen-bond acceptors (Lipinski definition) is 4. The van der Waals surface area contributed by atoms with Crippen LogP contribution in [-0.4, -0.2) is 17.6 Å². The minimum absolute atomic E-state index is 0.0858. The topological polar surface area (TPSA) is 88.0 Å². The van der Waals surface area contributed by atoms with Gasteiger partial charge < -0.3 is 4.74 Å². The van der Waals surface area contributed by atoms with Crippen molar-refractivity contribution in [1.82, 2.24) is 4.98 Å². The van der Waals surface area contributed by atoms with Crippen molar-refractivity contribution in [1.29, 1.82) is 0 Å². The average Bonchev–Trinajstić information content (AvgIpc) is 2.30. The second-order valence-electron chi connectivity index (χ2n) is 2.73. The van der Waals surface area contributed by atoms with E-state index in [0.29, 0.717) is 5.56 Å². The Bertz CT molecular complexity index is 435. The Morgan fingerprint density at radius 1 is 1.75 bits per heavy atom. The highest BCUT2D eigenvalue weighted by Gasteiger charge is 2.08. The van der Waals surface area contributed by atoms with E-state index in [1.54, 1.807) is 31.5 Å². The fourth-order valence-electron chi connectivity index (χ4n) is 1.00. The van der Waals surface area contributed by atoms with Gasteiger partial charge in [-0.05, 0) is 30.2 Å². The number of rotatable bonds is 4. The summed E-state index contributed by atoms with van der Waals surface area (Å²) in [5.41, 5.74) is 8.90. The van der Waals surface area contributed by atoms with Crippen molar-refractivity contribution in [2.24, 2.45) is 5.11 Å². The first-order chi connectivity index (χ1) is 7.77. The molecule has 0 spiro atoms. The summed E-state index contributed by atoms with van der Waals surface area (Å²) < 4.78 is 4.74. The van der Waals surface area contributed by atoms with E-state index in [4.69, 9.17) is 10.3 Å². The predicted molar refractivity (Wildman–Crippen MR) is 58.0 cm³/mol. The van der Waals surface area contributed by atoms with Crippen LogP contribution in [0.5, 0.6) is 0 Å². The van der Waals surface area contributed by atoms with Crippen molar-refractivity contribution in [2.75, 3.05) is 6.61 Å². The van der Waals surface area contributed by atoms with Crippen molar-refractivity contribution >= 4 is 12.0 Å². The molecule has 0 unspecified atom stereocenters. The van der Waals surface area contributed by atoms with E-state index in [0.717, 1.165) is 0 Å². The Morgan fingerprint density at radius 2 is 2.56 bits per heavy atom. The molecule has 16 heavy (non-hydrogen) atoms. The Kier molecular flexibility index (Phi) is 4.56. The van der Waals surface area contributed by atoms with Crippen molar-refractivity contribution < 1.29 is 9.53 Å². The van der Waals surface area contributed by atoms with Gasteiger partial charge in [0.1, 0.15) is 5.70 Å². The van der Waals surface area contributed by atoms with Crippen LogP contribution < -0.4 is 0 Å². The summed E-state index contributed by atoms with van der Waals surface area (Å²) in [6.07, 6.45) is 4.58. The molecule has 0 saturated carbocycles. The number of pyridine rings is 1. The number of azide groups is 1. The first-order valence-corrected chi connectivity index (χ1v) is 4.62. The van der Waals surface area contributed by atoms with Crippen LogP contribution in [0.25, 0.3) is 16.5 Å². The number of hydrogen-bond donors (Lipinski definition) is 0. The third-order valence-corrected chi connectivity index (χ3v) is 1.62. The van der Waals surface area contributed by atoms with Gasteiger partial charge in [0.25, 0.3) is 0 Å². The number of carbonyl (C=O) groups is 1. The number of ether oxygens (including phenoxy) is 1. The van der Waals surface area contributed by atoms with Crippen LogP contribution in [0.2, 0.25) is 0 Å². The monoisotopic (exact) mass is 218 g/mol. The fraction of sp³-hybridized carbons (Fsp3) is 0.200. The van der Waals surface area contributed by atoms with Crippen LogP contribution >= 0.6 is 0 Å². The molecule has 1 aromatic heterocycles. The molecule has 82 valence electrons. The molecule has 0 aromatic carbocycles. The van der Waals surface area contributed by atoms with Gasteiger partial charge in [-0.3, -0.25) is 4.98 Å². The molecule has 0 aliphatic heterocycles. The number of aromatic nitrogens is 1. The smallest absolute Gasteiger partial charge is 0.340 e. The van der Waals surface area contributed by atoms with Gasteiger partial charge in [-0.25, -0.2) is 4.79 Å². The van der Waals surface area contributed by atoms with E-state index in [-0.39, 0.29) is 12.3 Å². The van der Waals surface area contributed by atoms with Gasteiger partial charge >= 0.3 is 5.97 Å². The van der Waals surface area contributed by atoms with E-state index < -0.39 is 5.97 Å². The second kappa shape index (κ2) is 6.21. The van der Waals surface area contributed by atoms with E-state index in [1.807, 2.05) is 0 Å². The maximum absolute atomic E-state index is 11.4. The molecule has 0 aliphatic rings. The van der Waals surface area contributed by atoms with E-state index >= 15 is 0 Å². The van der Waals surface area contributed by atoms with Gasteiger partial charge in [0.05, 0.1) is 6.61 Å². The second-order valence-corrected chi connectivity index (χ2v) is 2.73. The number of nitrogens with zero attached hydrogens (tertiary/aromatic N) is 4. The molecule has 0 amide bonds. The third-order valence-electron chi connectivity index (χ3n) is 1.62. The van der Waals surface area contributed by atoms with Crippen LogP contribution in [0.1, 0.15) is 12.5 Å². The molecule has 6 nitrogen and oxygen atoms in total. The van der Waals surface area contributed by atoms with Crippen LogP contribution in [0.3, 0.4) is 0 Å². The van der Waals surface area contributed by atoms with Crippen LogP contribution in [0.4, 0.5) is 0 Å². The van der Waals surface area contributed by atoms with Crippen molar-refractivity contribution in [3.8, 4) is 0 Å². The predicted octanol–water partition coefficient (Wildman–Crippen LogP) is 2.30. The van der Waals surface area contributed by atoms with Crippen molar-refractivity contribution in [3.63, 3.8) is 0 Å². The Morgan fingerprint density at radius 3 is 3.12 bits per heavy atom. The Balaban J connectivity index is 2.98. The Labute approximate surface area is 92.2 Å². The lowest BCUT2D eigenvalue weighted by molar-refractivity contribution is -0.138. The first kappa shape index (κ1) is 11.7. The third kappa shape index (κ3) is 3.43. The van der Waals surface area contributed by atoms with Crippen molar-refractivity contribution in [3.05, 3.63) is 46.2 Å². The summed E-state index contributed by atoms with van der Waals surface area (Å²) in [5, 5.41) is 3.28. The number of carbonyl (C=O) groups excluding carboxylic acids is 1. The van der Waals surface area contributed by atoms with Gasteiger partial charge in [0.15, 0.2) is 0 Å². The minimum atomic E-state index is -0.649. The highest BCUT2D eigenvalue weighted by Crippen LogP contribution is 2.08. The molecule has 0 atom stereocenters. The first-order valence-electron chi connectivity index (χ1n) is 4.62. The lowest BCUT2D eigenvalue weighted by Crippen LogP contribution is -2.05. The molecule has 1 heterocycles. The average molecular weight is 218 g/mol. The quantitative estimate of drug-likeness (QED) is 0.255. The van der Waals surface area contributed by atoms with Crippen molar-refractivity contribution in [2.45, 2.75) is 6.92 Å². The summed E-state index contributed by atoms with van der Waals surface area (Å²) in [6.45, 7) is 1.90. The standard InChI is InChI=1S/C10H10N4O2/c1-2-16-10(15)9(13-14-11)6-8-4-3-5-12-7-8/h3-7H,2H2,1H3/b9-6-. The molecule has 0 fully saturated rings. The summed E-state index contributed by atoms with van der Waals surface area (Å²) in [5.74, 6) is -0.649. The molecule has 0 bridgehead atoms. The minimum Gasteiger partial charge on any atom is -0.462 e. The van der Waals surface area contributed by atoms with Gasteiger partial charge in [0.2, 0.25) is 0 Å². The molecular weight excluding hydrogens is 208 g/mol. The summed E-state index contributed by atoms with van der Waals surface area (Å²) >= 11 is 0. The molecule has 0 aliphatic carbocycles. The van der Waals surface area contributed by atoms with Crippen LogP contribution in [-0.2, 0) is 9.53 Å². The molecule has 0 saturated heterocycles. The normalized spacial score (nSPS) is 10.4. The molecule has 1 rings (SSSR count). The van der Waals surface area contributed by atoms with E-state index in [2.05, 4.69) is 15.0 Å². The zero-order valence-corrected chi connectivity index (χ0v) is 8.70. The van der Waals surface area contributed by atoms with Crippen LogP contribution in [0.15, 0.2) is 35.3 Å². The highest BCUT2D eigenvalue weighted by atomic mass is 16.5. The molecule has 0 radical (unpaired) electrons. The van der Waals surface area contributed by atoms with Gasteiger partial charge in [-0.1, -0.05) is 11.2 Å². The number of esters is 1. The molecule has 0 N–H and O–H groups in total. The molecule has 1 aromatic rings. The fourth-order valence-corrected chi connectivity index (χ4v) is 1.00. The summed E-state index contributed by atoms with van der Waals surface area (Å²) in [7, 11) is 0. The van der Waals surface area contributed by atoms with Gasteiger partial charge in [-0.2, -0.15) is 0 Å². The largest absolute Gasteiger partial charge is 0.462 e. The summed E-state index contributed by atoms with van der Waals surface area (Å²) in [4.78, 5) is 17.8. The maximum atomic E-state index is 11.4. The molecular formula is C10H10N4O2. The Hall–Kier alpha value is -2.33.